The molecule has 2 aromatic carbocycles. The molecule has 0 bridgehead atoms. The lowest BCUT2D eigenvalue weighted by molar-refractivity contribution is -0.112. The van der Waals surface area contributed by atoms with Crippen LogP contribution >= 0.6 is 15.9 Å². The molecule has 1 amide bonds. The number of nitrogens with one attached hydrogen (secondary N) is 1. The first-order valence-electron chi connectivity index (χ1n) is 6.87. The third-order valence-electron chi connectivity index (χ3n) is 3.16. The number of nitrogens with zero attached hydrogens (tertiary/aromatic N) is 1. The molecule has 23 heavy (non-hydrogen) atoms. The average Bonchev–Trinajstić information content (AvgIpc) is 2.55. The number of methoxy groups -OCH3 is 1. The van der Waals surface area contributed by atoms with E-state index in [4.69, 9.17) is 4.74 Å². The molecule has 0 saturated heterocycles. The zero-order valence-corrected chi connectivity index (χ0v) is 14.3. The van der Waals surface area contributed by atoms with Gasteiger partial charge in [-0.15, -0.1) is 0 Å². The number of carbonyl (C=O) groups excluding carboxylic acids is 1. The standard InChI is InChI=1S/C18H15BrN2O2/c1-12-3-8-17(16(19)9-12)21-18(22)14(11-20)10-13-4-6-15(23-2)7-5-13/h3-10H,1-2H3,(H,21,22)/b14-10+. The van der Waals surface area contributed by atoms with Crippen molar-refractivity contribution in [2.24, 2.45) is 0 Å². The van der Waals surface area contributed by atoms with Gasteiger partial charge < -0.3 is 10.1 Å². The minimum Gasteiger partial charge on any atom is -0.497 e. The zero-order chi connectivity index (χ0) is 16.8. The molecule has 0 spiro atoms. The van der Waals surface area contributed by atoms with Gasteiger partial charge in [0.05, 0.1) is 12.8 Å². The Morgan fingerprint density at radius 1 is 1.26 bits per heavy atom. The third-order valence-corrected chi connectivity index (χ3v) is 3.82. The number of ether oxygens (including phenoxy) is 1. The maximum absolute atomic E-state index is 12.3. The molecule has 0 aliphatic rings. The Kier molecular flexibility index (Phi) is 5.56. The fraction of sp³-hybridized carbons (Fsp3) is 0.111. The lowest BCUT2D eigenvalue weighted by Crippen LogP contribution is -2.13. The molecule has 0 fully saturated rings. The predicted molar refractivity (Wildman–Crippen MR) is 94.1 cm³/mol. The molecular formula is C18H15BrN2O2. The SMILES string of the molecule is COc1ccc(/C=C(\C#N)C(=O)Nc2ccc(C)cc2Br)cc1. The maximum Gasteiger partial charge on any atom is 0.266 e. The Morgan fingerprint density at radius 2 is 1.96 bits per heavy atom. The molecule has 1 N–H and O–H groups in total. The van der Waals surface area contributed by atoms with Crippen LogP contribution < -0.4 is 10.1 Å². The normalized spacial score (nSPS) is 10.8. The Morgan fingerprint density at radius 3 is 2.52 bits per heavy atom. The minimum absolute atomic E-state index is 0.0302. The zero-order valence-electron chi connectivity index (χ0n) is 12.8. The molecule has 0 radical (unpaired) electrons. The molecule has 0 unspecified atom stereocenters. The summed E-state index contributed by atoms with van der Waals surface area (Å²) in [4.78, 5) is 12.3. The lowest BCUT2D eigenvalue weighted by Gasteiger charge is -2.07. The highest BCUT2D eigenvalue weighted by Gasteiger charge is 2.11. The summed E-state index contributed by atoms with van der Waals surface area (Å²) in [5.41, 5.74) is 2.48. The lowest BCUT2D eigenvalue weighted by atomic mass is 10.1. The monoisotopic (exact) mass is 370 g/mol. The first kappa shape index (κ1) is 16.8. The van der Waals surface area contributed by atoms with Crippen molar-refractivity contribution >= 4 is 33.6 Å². The van der Waals surface area contributed by atoms with Gasteiger partial charge in [-0.2, -0.15) is 5.26 Å². The Balaban J connectivity index is 2.20. The van der Waals surface area contributed by atoms with Crippen LogP contribution in [0.3, 0.4) is 0 Å². The first-order valence-corrected chi connectivity index (χ1v) is 7.66. The van der Waals surface area contributed by atoms with Crippen molar-refractivity contribution in [3.8, 4) is 11.8 Å². The largest absolute Gasteiger partial charge is 0.497 e. The Hall–Kier alpha value is -2.58. The van der Waals surface area contributed by atoms with Crippen LogP contribution in [0.25, 0.3) is 6.08 Å². The van der Waals surface area contributed by atoms with Crippen molar-refractivity contribution in [2.45, 2.75) is 6.92 Å². The molecule has 0 saturated carbocycles. The van der Waals surface area contributed by atoms with Gasteiger partial charge in [-0.3, -0.25) is 4.79 Å². The number of halogens is 1. The van der Waals surface area contributed by atoms with Crippen molar-refractivity contribution in [2.75, 3.05) is 12.4 Å². The van der Waals surface area contributed by atoms with Gasteiger partial charge in [0.25, 0.3) is 5.91 Å². The number of carbonyl (C=O) groups is 1. The minimum atomic E-state index is -0.451. The summed E-state index contributed by atoms with van der Waals surface area (Å²) < 4.78 is 5.85. The molecule has 2 rings (SSSR count). The van der Waals surface area contributed by atoms with E-state index < -0.39 is 5.91 Å². The van der Waals surface area contributed by atoms with Crippen molar-refractivity contribution in [1.82, 2.24) is 0 Å². The van der Waals surface area contributed by atoms with E-state index in [1.807, 2.05) is 25.1 Å². The molecular weight excluding hydrogens is 356 g/mol. The van der Waals surface area contributed by atoms with E-state index in [1.165, 1.54) is 6.08 Å². The molecule has 5 heteroatoms. The molecule has 0 aromatic heterocycles. The van der Waals surface area contributed by atoms with Crippen LogP contribution in [-0.4, -0.2) is 13.0 Å². The molecule has 0 aliphatic heterocycles. The van der Waals surface area contributed by atoms with E-state index in [9.17, 15) is 10.1 Å². The molecule has 0 atom stereocenters. The van der Waals surface area contributed by atoms with E-state index in [0.29, 0.717) is 11.4 Å². The molecule has 0 heterocycles. The number of nitriles is 1. The van der Waals surface area contributed by atoms with E-state index in [0.717, 1.165) is 15.6 Å². The third kappa shape index (κ3) is 4.44. The summed E-state index contributed by atoms with van der Waals surface area (Å²) in [5.74, 6) is 0.265. The van der Waals surface area contributed by atoms with Crippen LogP contribution in [0.4, 0.5) is 5.69 Å². The molecule has 2 aromatic rings. The summed E-state index contributed by atoms with van der Waals surface area (Å²) in [5, 5.41) is 12.0. The number of anilines is 1. The van der Waals surface area contributed by atoms with Gasteiger partial charge in [0.2, 0.25) is 0 Å². The second kappa shape index (κ2) is 7.61. The maximum atomic E-state index is 12.3. The summed E-state index contributed by atoms with van der Waals surface area (Å²) in [6.07, 6.45) is 1.54. The highest BCUT2D eigenvalue weighted by atomic mass is 79.9. The first-order chi connectivity index (χ1) is 11.0. The highest BCUT2D eigenvalue weighted by Crippen LogP contribution is 2.24. The van der Waals surface area contributed by atoms with Gasteiger partial charge in [0, 0.05) is 4.47 Å². The van der Waals surface area contributed by atoms with Crippen molar-refractivity contribution < 1.29 is 9.53 Å². The Bertz CT molecular complexity index is 790. The second-order valence-corrected chi connectivity index (χ2v) is 5.73. The van der Waals surface area contributed by atoms with Crippen molar-refractivity contribution in [1.29, 1.82) is 5.26 Å². The number of hydrogen-bond acceptors (Lipinski definition) is 3. The summed E-state index contributed by atoms with van der Waals surface area (Å²) >= 11 is 3.40. The van der Waals surface area contributed by atoms with E-state index in [2.05, 4.69) is 21.2 Å². The molecule has 0 aliphatic carbocycles. The van der Waals surface area contributed by atoms with E-state index in [-0.39, 0.29) is 5.57 Å². The van der Waals surface area contributed by atoms with Crippen LogP contribution in [0.15, 0.2) is 52.5 Å². The number of benzene rings is 2. The summed E-state index contributed by atoms with van der Waals surface area (Å²) in [6.45, 7) is 1.96. The van der Waals surface area contributed by atoms with Crippen molar-refractivity contribution in [3.05, 3.63) is 63.6 Å². The molecule has 116 valence electrons. The van der Waals surface area contributed by atoms with Crippen LogP contribution in [0, 0.1) is 18.3 Å². The van der Waals surface area contributed by atoms with Gasteiger partial charge >= 0.3 is 0 Å². The van der Waals surface area contributed by atoms with Gasteiger partial charge in [0.15, 0.2) is 0 Å². The summed E-state index contributed by atoms with van der Waals surface area (Å²) in [6, 6.07) is 14.6. The number of rotatable bonds is 4. The second-order valence-electron chi connectivity index (χ2n) is 4.88. The van der Waals surface area contributed by atoms with Crippen LogP contribution in [0.5, 0.6) is 5.75 Å². The van der Waals surface area contributed by atoms with Gasteiger partial charge in [-0.05, 0) is 64.3 Å². The van der Waals surface area contributed by atoms with Crippen LogP contribution in [0.2, 0.25) is 0 Å². The fourth-order valence-electron chi connectivity index (χ4n) is 1.93. The highest BCUT2D eigenvalue weighted by molar-refractivity contribution is 9.10. The predicted octanol–water partition coefficient (Wildman–Crippen LogP) is 4.31. The summed E-state index contributed by atoms with van der Waals surface area (Å²) in [7, 11) is 1.58. The van der Waals surface area contributed by atoms with Crippen LogP contribution in [0.1, 0.15) is 11.1 Å². The van der Waals surface area contributed by atoms with Crippen molar-refractivity contribution in [3.63, 3.8) is 0 Å². The average molecular weight is 371 g/mol. The quantitative estimate of drug-likeness (QED) is 0.644. The Labute approximate surface area is 143 Å². The van der Waals surface area contributed by atoms with Gasteiger partial charge in [0.1, 0.15) is 17.4 Å². The molecule has 4 nitrogen and oxygen atoms in total. The number of aryl methyl sites for hydroxylation is 1. The van der Waals surface area contributed by atoms with E-state index in [1.54, 1.807) is 37.4 Å². The number of hydrogen-bond donors (Lipinski definition) is 1. The topological polar surface area (TPSA) is 62.1 Å². The van der Waals surface area contributed by atoms with E-state index >= 15 is 0 Å². The fourth-order valence-corrected chi connectivity index (χ4v) is 2.52. The van der Waals surface area contributed by atoms with Gasteiger partial charge in [-0.25, -0.2) is 0 Å². The van der Waals surface area contributed by atoms with Gasteiger partial charge in [-0.1, -0.05) is 18.2 Å². The number of amides is 1. The van der Waals surface area contributed by atoms with Crippen LogP contribution in [-0.2, 0) is 4.79 Å². The smallest absolute Gasteiger partial charge is 0.266 e.